The second-order valence-corrected chi connectivity index (χ2v) is 3.81. The Labute approximate surface area is 78.7 Å². The van der Waals surface area contributed by atoms with Crippen molar-refractivity contribution in [3.05, 3.63) is 40.0 Å². The molecule has 1 aliphatic rings. The van der Waals surface area contributed by atoms with Crippen LogP contribution in [0.25, 0.3) is 6.08 Å². The summed E-state index contributed by atoms with van der Waals surface area (Å²) >= 11 is 0. The summed E-state index contributed by atoms with van der Waals surface area (Å²) in [4.78, 5) is 0. The van der Waals surface area contributed by atoms with Crippen LogP contribution < -0.4 is 0 Å². The Morgan fingerprint density at radius 1 is 1.31 bits per heavy atom. The number of aliphatic hydroxyl groups excluding tert-OH is 1. The van der Waals surface area contributed by atoms with Gasteiger partial charge in [0.15, 0.2) is 0 Å². The standard InChI is InChI=1S/C12H14O/c1-8-3-11-6-10(7-13)5-9(2)12(11)4-8/h4-6,13H,3,7H2,1-2H3. The van der Waals surface area contributed by atoms with E-state index in [1.165, 1.54) is 22.3 Å². The Hall–Kier alpha value is -1.08. The van der Waals surface area contributed by atoms with E-state index in [1.54, 1.807) is 0 Å². The van der Waals surface area contributed by atoms with Crippen LogP contribution in [0.15, 0.2) is 17.7 Å². The van der Waals surface area contributed by atoms with Gasteiger partial charge in [-0.05, 0) is 42.5 Å². The van der Waals surface area contributed by atoms with Crippen LogP contribution >= 0.6 is 0 Å². The third-order valence-corrected chi connectivity index (χ3v) is 2.57. The Kier molecular flexibility index (Phi) is 1.97. The molecule has 1 N–H and O–H groups in total. The van der Waals surface area contributed by atoms with E-state index in [4.69, 9.17) is 5.11 Å². The van der Waals surface area contributed by atoms with Crippen molar-refractivity contribution >= 4 is 6.08 Å². The largest absolute Gasteiger partial charge is 0.392 e. The Morgan fingerprint density at radius 3 is 2.77 bits per heavy atom. The smallest absolute Gasteiger partial charge is 0.0682 e. The minimum Gasteiger partial charge on any atom is -0.392 e. The molecule has 13 heavy (non-hydrogen) atoms. The van der Waals surface area contributed by atoms with Crippen molar-refractivity contribution in [3.63, 3.8) is 0 Å². The van der Waals surface area contributed by atoms with Crippen LogP contribution in [0.2, 0.25) is 0 Å². The molecule has 0 amide bonds. The first-order valence-electron chi connectivity index (χ1n) is 4.61. The van der Waals surface area contributed by atoms with Gasteiger partial charge in [0, 0.05) is 0 Å². The predicted octanol–water partition coefficient (Wildman–Crippen LogP) is 2.45. The molecule has 2 rings (SSSR count). The van der Waals surface area contributed by atoms with Crippen LogP contribution in [0.1, 0.15) is 29.2 Å². The molecule has 0 fully saturated rings. The third-order valence-electron chi connectivity index (χ3n) is 2.57. The lowest BCUT2D eigenvalue weighted by molar-refractivity contribution is 0.281. The van der Waals surface area contributed by atoms with Gasteiger partial charge in [0.1, 0.15) is 0 Å². The molecule has 1 nitrogen and oxygen atoms in total. The van der Waals surface area contributed by atoms with E-state index in [0.29, 0.717) is 0 Å². The highest BCUT2D eigenvalue weighted by atomic mass is 16.3. The number of aliphatic hydroxyl groups is 1. The highest BCUT2D eigenvalue weighted by molar-refractivity contribution is 5.66. The molecular formula is C12H14O. The number of hydrogen-bond donors (Lipinski definition) is 1. The van der Waals surface area contributed by atoms with Gasteiger partial charge in [-0.1, -0.05) is 23.8 Å². The van der Waals surface area contributed by atoms with E-state index >= 15 is 0 Å². The molecule has 0 unspecified atom stereocenters. The summed E-state index contributed by atoms with van der Waals surface area (Å²) in [6.45, 7) is 4.40. The first kappa shape index (κ1) is 8.52. The Morgan fingerprint density at radius 2 is 2.08 bits per heavy atom. The molecule has 1 aliphatic carbocycles. The van der Waals surface area contributed by atoms with Crippen LogP contribution in [-0.2, 0) is 13.0 Å². The van der Waals surface area contributed by atoms with Gasteiger partial charge in [-0.2, -0.15) is 0 Å². The summed E-state index contributed by atoms with van der Waals surface area (Å²) in [6, 6.07) is 4.17. The predicted molar refractivity (Wildman–Crippen MR) is 54.5 cm³/mol. The molecular weight excluding hydrogens is 160 g/mol. The fourth-order valence-corrected chi connectivity index (χ4v) is 1.99. The van der Waals surface area contributed by atoms with E-state index in [1.807, 2.05) is 0 Å². The van der Waals surface area contributed by atoms with Crippen molar-refractivity contribution in [1.82, 2.24) is 0 Å². The number of rotatable bonds is 1. The van der Waals surface area contributed by atoms with Gasteiger partial charge in [-0.3, -0.25) is 0 Å². The van der Waals surface area contributed by atoms with Gasteiger partial charge in [0.05, 0.1) is 6.61 Å². The molecule has 0 heterocycles. The molecule has 1 aromatic carbocycles. The maximum Gasteiger partial charge on any atom is 0.0682 e. The van der Waals surface area contributed by atoms with Crippen molar-refractivity contribution in [3.8, 4) is 0 Å². The summed E-state index contributed by atoms with van der Waals surface area (Å²) in [6.07, 6.45) is 3.29. The second-order valence-electron chi connectivity index (χ2n) is 3.81. The molecule has 68 valence electrons. The second kappa shape index (κ2) is 3.00. The van der Waals surface area contributed by atoms with Crippen LogP contribution in [0.3, 0.4) is 0 Å². The lowest BCUT2D eigenvalue weighted by atomic mass is 10.0. The summed E-state index contributed by atoms with van der Waals surface area (Å²) < 4.78 is 0. The molecule has 1 aromatic rings. The van der Waals surface area contributed by atoms with E-state index in [9.17, 15) is 0 Å². The van der Waals surface area contributed by atoms with Gasteiger partial charge in [0.25, 0.3) is 0 Å². The minimum absolute atomic E-state index is 0.146. The monoisotopic (exact) mass is 174 g/mol. The zero-order valence-electron chi connectivity index (χ0n) is 8.09. The summed E-state index contributed by atoms with van der Waals surface area (Å²) in [5.74, 6) is 0. The first-order chi connectivity index (χ1) is 6.20. The Balaban J connectivity index is 2.53. The molecule has 0 bridgehead atoms. The van der Waals surface area contributed by atoms with Crippen molar-refractivity contribution < 1.29 is 5.11 Å². The fraction of sp³-hybridized carbons (Fsp3) is 0.333. The number of benzene rings is 1. The lowest BCUT2D eigenvalue weighted by Crippen LogP contribution is -1.91. The van der Waals surface area contributed by atoms with Crippen LogP contribution in [-0.4, -0.2) is 5.11 Å². The van der Waals surface area contributed by atoms with Gasteiger partial charge >= 0.3 is 0 Å². The number of fused-ring (bicyclic) bond motifs is 1. The zero-order chi connectivity index (χ0) is 9.42. The summed E-state index contributed by atoms with van der Waals surface area (Å²) in [7, 11) is 0. The van der Waals surface area contributed by atoms with Gasteiger partial charge in [0.2, 0.25) is 0 Å². The van der Waals surface area contributed by atoms with Crippen LogP contribution in [0, 0.1) is 6.92 Å². The molecule has 0 atom stereocenters. The minimum atomic E-state index is 0.146. The van der Waals surface area contributed by atoms with Crippen molar-refractivity contribution in [1.29, 1.82) is 0 Å². The molecule has 0 aliphatic heterocycles. The number of allylic oxidation sites excluding steroid dienone is 1. The molecule has 1 heteroatoms. The average molecular weight is 174 g/mol. The highest BCUT2D eigenvalue weighted by Crippen LogP contribution is 2.28. The first-order valence-corrected chi connectivity index (χ1v) is 4.61. The summed E-state index contributed by atoms with van der Waals surface area (Å²) in [5.41, 5.74) is 6.43. The van der Waals surface area contributed by atoms with Crippen molar-refractivity contribution in [2.24, 2.45) is 0 Å². The lowest BCUT2D eigenvalue weighted by Gasteiger charge is -2.05. The van der Waals surface area contributed by atoms with Crippen molar-refractivity contribution in [2.75, 3.05) is 0 Å². The Bertz CT molecular complexity index is 375. The van der Waals surface area contributed by atoms with Gasteiger partial charge in [-0.15, -0.1) is 0 Å². The highest BCUT2D eigenvalue weighted by Gasteiger charge is 2.12. The van der Waals surface area contributed by atoms with Gasteiger partial charge in [-0.25, -0.2) is 0 Å². The third kappa shape index (κ3) is 1.40. The van der Waals surface area contributed by atoms with E-state index in [-0.39, 0.29) is 6.61 Å². The number of hydrogen-bond acceptors (Lipinski definition) is 1. The van der Waals surface area contributed by atoms with Crippen molar-refractivity contribution in [2.45, 2.75) is 26.9 Å². The van der Waals surface area contributed by atoms with E-state index in [2.05, 4.69) is 32.1 Å². The quantitative estimate of drug-likeness (QED) is 0.693. The molecule has 0 saturated carbocycles. The number of aryl methyl sites for hydroxylation is 1. The van der Waals surface area contributed by atoms with Crippen LogP contribution in [0.4, 0.5) is 0 Å². The SMILES string of the molecule is CC1=Cc2c(C)cc(CO)cc2C1. The normalized spacial score (nSPS) is 14.2. The van der Waals surface area contributed by atoms with E-state index in [0.717, 1.165) is 12.0 Å². The topological polar surface area (TPSA) is 20.2 Å². The molecule has 0 saturated heterocycles. The van der Waals surface area contributed by atoms with Gasteiger partial charge < -0.3 is 5.11 Å². The summed E-state index contributed by atoms with van der Waals surface area (Å²) in [5, 5.41) is 9.04. The fourth-order valence-electron chi connectivity index (χ4n) is 1.99. The maximum atomic E-state index is 9.04. The maximum absolute atomic E-state index is 9.04. The molecule has 0 radical (unpaired) electrons. The average Bonchev–Trinajstić information content (AvgIpc) is 2.46. The van der Waals surface area contributed by atoms with Crippen LogP contribution in [0.5, 0.6) is 0 Å². The van der Waals surface area contributed by atoms with E-state index < -0.39 is 0 Å². The molecule has 0 spiro atoms. The zero-order valence-corrected chi connectivity index (χ0v) is 8.09. The molecule has 0 aromatic heterocycles.